The highest BCUT2D eigenvalue weighted by Gasteiger charge is 2.13. The molecule has 0 spiro atoms. The Kier molecular flexibility index (Phi) is 5.51. The second-order valence-electron chi connectivity index (χ2n) is 4.86. The van der Waals surface area contributed by atoms with Crippen LogP contribution < -0.4 is 16.4 Å². The lowest BCUT2D eigenvalue weighted by Gasteiger charge is -2.09. The molecule has 0 saturated carbocycles. The van der Waals surface area contributed by atoms with E-state index in [9.17, 15) is 14.4 Å². The molecule has 0 aliphatic heterocycles. The van der Waals surface area contributed by atoms with Gasteiger partial charge in [-0.25, -0.2) is 4.79 Å². The average molecular weight is 327 g/mol. The summed E-state index contributed by atoms with van der Waals surface area (Å²) in [6, 6.07) is 12.9. The summed E-state index contributed by atoms with van der Waals surface area (Å²) < 4.78 is 5.00. The molecule has 2 rings (SSSR count). The molecule has 124 valence electrons. The van der Waals surface area contributed by atoms with Gasteiger partial charge in [-0.15, -0.1) is 0 Å². The van der Waals surface area contributed by atoms with E-state index in [0.717, 1.165) is 0 Å². The molecule has 0 atom stereocenters. The van der Waals surface area contributed by atoms with E-state index in [0.29, 0.717) is 22.5 Å². The number of carbonyl (C=O) groups is 3. The number of para-hydroxylation sites is 1. The van der Waals surface area contributed by atoms with Gasteiger partial charge in [0.2, 0.25) is 5.91 Å². The Hall–Kier alpha value is -3.35. The fourth-order valence-electron chi connectivity index (χ4n) is 2.00. The summed E-state index contributed by atoms with van der Waals surface area (Å²) in [5.74, 6) is -1.64. The Morgan fingerprint density at radius 1 is 1.04 bits per heavy atom. The smallest absolute Gasteiger partial charge is 0.340 e. The molecule has 2 amide bonds. The first kappa shape index (κ1) is 17.0. The molecule has 2 aromatic rings. The van der Waals surface area contributed by atoms with Crippen LogP contribution in [0, 0.1) is 0 Å². The Labute approximate surface area is 138 Å². The van der Waals surface area contributed by atoms with E-state index >= 15 is 0 Å². The highest BCUT2D eigenvalue weighted by molar-refractivity contribution is 5.99. The topological polar surface area (TPSA) is 111 Å². The van der Waals surface area contributed by atoms with Crippen molar-refractivity contribution in [1.82, 2.24) is 0 Å². The number of esters is 1. The molecule has 4 N–H and O–H groups in total. The van der Waals surface area contributed by atoms with Crippen LogP contribution in [0.15, 0.2) is 48.5 Å². The third-order valence-electron chi connectivity index (χ3n) is 3.20. The van der Waals surface area contributed by atoms with Crippen molar-refractivity contribution in [2.75, 3.05) is 24.3 Å². The summed E-state index contributed by atoms with van der Waals surface area (Å²) in [7, 11) is 1.69. The summed E-state index contributed by atoms with van der Waals surface area (Å²) >= 11 is 0. The van der Waals surface area contributed by atoms with Gasteiger partial charge in [-0.1, -0.05) is 12.1 Å². The van der Waals surface area contributed by atoms with Crippen molar-refractivity contribution in [3.05, 3.63) is 59.7 Å². The molecule has 2 aromatic carbocycles. The summed E-state index contributed by atoms with van der Waals surface area (Å²) in [6.45, 7) is -0.422. The van der Waals surface area contributed by atoms with Crippen LogP contribution in [0.2, 0.25) is 0 Å². The monoisotopic (exact) mass is 327 g/mol. The predicted octanol–water partition coefficient (Wildman–Crippen LogP) is 1.62. The maximum absolute atomic E-state index is 12.0. The molecule has 24 heavy (non-hydrogen) atoms. The largest absolute Gasteiger partial charge is 0.452 e. The van der Waals surface area contributed by atoms with E-state index in [1.165, 1.54) is 24.3 Å². The first-order chi connectivity index (χ1) is 11.5. The molecule has 0 aliphatic carbocycles. The van der Waals surface area contributed by atoms with Crippen molar-refractivity contribution < 1.29 is 19.1 Å². The SMILES string of the molecule is CNc1ccccc1C(=O)OCC(=O)Nc1ccc(C(N)=O)cc1. The lowest BCUT2D eigenvalue weighted by Crippen LogP contribution is -2.21. The van der Waals surface area contributed by atoms with Crippen molar-refractivity contribution >= 4 is 29.2 Å². The molecule has 0 saturated heterocycles. The van der Waals surface area contributed by atoms with Crippen molar-refractivity contribution in [2.24, 2.45) is 5.73 Å². The van der Waals surface area contributed by atoms with Crippen LogP contribution in [0.5, 0.6) is 0 Å². The number of hydrogen-bond acceptors (Lipinski definition) is 5. The molecule has 7 heteroatoms. The van der Waals surface area contributed by atoms with E-state index in [4.69, 9.17) is 10.5 Å². The van der Waals surface area contributed by atoms with Gasteiger partial charge in [0, 0.05) is 24.0 Å². The van der Waals surface area contributed by atoms with Gasteiger partial charge in [-0.2, -0.15) is 0 Å². The second-order valence-corrected chi connectivity index (χ2v) is 4.86. The van der Waals surface area contributed by atoms with E-state index < -0.39 is 24.4 Å². The summed E-state index contributed by atoms with van der Waals surface area (Å²) in [4.78, 5) is 34.8. The molecule has 0 heterocycles. The first-order valence-corrected chi connectivity index (χ1v) is 7.15. The van der Waals surface area contributed by atoms with Gasteiger partial charge in [0.25, 0.3) is 5.91 Å². The van der Waals surface area contributed by atoms with Crippen LogP contribution in [-0.4, -0.2) is 31.4 Å². The van der Waals surface area contributed by atoms with E-state index in [1.807, 2.05) is 0 Å². The number of nitrogens with one attached hydrogen (secondary N) is 2. The lowest BCUT2D eigenvalue weighted by molar-refractivity contribution is -0.119. The lowest BCUT2D eigenvalue weighted by atomic mass is 10.2. The maximum atomic E-state index is 12.0. The maximum Gasteiger partial charge on any atom is 0.340 e. The first-order valence-electron chi connectivity index (χ1n) is 7.15. The van der Waals surface area contributed by atoms with Crippen LogP contribution in [-0.2, 0) is 9.53 Å². The summed E-state index contributed by atoms with van der Waals surface area (Å²) in [5.41, 5.74) is 6.90. The van der Waals surface area contributed by atoms with Gasteiger partial charge >= 0.3 is 5.97 Å². The molecule has 7 nitrogen and oxygen atoms in total. The zero-order valence-corrected chi connectivity index (χ0v) is 13.0. The minimum Gasteiger partial charge on any atom is -0.452 e. The Morgan fingerprint density at radius 3 is 2.33 bits per heavy atom. The number of nitrogens with two attached hydrogens (primary N) is 1. The van der Waals surface area contributed by atoms with Gasteiger partial charge in [-0.05, 0) is 36.4 Å². The number of amides is 2. The van der Waals surface area contributed by atoms with Crippen LogP contribution in [0.3, 0.4) is 0 Å². The van der Waals surface area contributed by atoms with Crippen molar-refractivity contribution in [2.45, 2.75) is 0 Å². The van der Waals surface area contributed by atoms with Gasteiger partial charge in [0.15, 0.2) is 6.61 Å². The highest BCUT2D eigenvalue weighted by Crippen LogP contribution is 2.15. The molecule has 0 fully saturated rings. The Balaban J connectivity index is 1.91. The Bertz CT molecular complexity index is 757. The summed E-state index contributed by atoms with van der Waals surface area (Å²) in [5, 5.41) is 5.44. The molecule has 0 aromatic heterocycles. The zero-order chi connectivity index (χ0) is 17.5. The average Bonchev–Trinajstić information content (AvgIpc) is 2.60. The van der Waals surface area contributed by atoms with E-state index in [1.54, 1.807) is 31.3 Å². The van der Waals surface area contributed by atoms with Gasteiger partial charge in [0.1, 0.15) is 0 Å². The predicted molar refractivity (Wildman–Crippen MR) is 89.9 cm³/mol. The molecular weight excluding hydrogens is 310 g/mol. The van der Waals surface area contributed by atoms with Crippen LogP contribution in [0.1, 0.15) is 20.7 Å². The van der Waals surface area contributed by atoms with Crippen LogP contribution in [0.4, 0.5) is 11.4 Å². The van der Waals surface area contributed by atoms with Crippen molar-refractivity contribution in [3.8, 4) is 0 Å². The number of rotatable bonds is 6. The van der Waals surface area contributed by atoms with Gasteiger partial charge in [-0.3, -0.25) is 9.59 Å². The quantitative estimate of drug-likeness (QED) is 0.698. The minimum absolute atomic E-state index is 0.336. The minimum atomic E-state index is -0.598. The zero-order valence-electron chi connectivity index (χ0n) is 13.0. The molecular formula is C17H17N3O4. The third kappa shape index (κ3) is 4.33. The van der Waals surface area contributed by atoms with Gasteiger partial charge in [0.05, 0.1) is 5.56 Å². The summed E-state index contributed by atoms with van der Waals surface area (Å²) in [6.07, 6.45) is 0. The molecule has 0 aliphatic rings. The van der Waals surface area contributed by atoms with Crippen molar-refractivity contribution in [1.29, 1.82) is 0 Å². The Morgan fingerprint density at radius 2 is 1.71 bits per heavy atom. The molecule has 0 radical (unpaired) electrons. The molecule has 0 bridgehead atoms. The van der Waals surface area contributed by atoms with Gasteiger partial charge < -0.3 is 21.1 Å². The standard InChI is InChI=1S/C17H17N3O4/c1-19-14-5-3-2-4-13(14)17(23)24-10-15(21)20-12-8-6-11(7-9-12)16(18)22/h2-9,19H,10H2,1H3,(H2,18,22)(H,20,21). The number of hydrogen-bond donors (Lipinski definition) is 3. The van der Waals surface area contributed by atoms with E-state index in [-0.39, 0.29) is 0 Å². The van der Waals surface area contributed by atoms with Crippen LogP contribution in [0.25, 0.3) is 0 Å². The number of carbonyl (C=O) groups excluding carboxylic acids is 3. The number of benzene rings is 2. The fourth-order valence-corrected chi connectivity index (χ4v) is 2.00. The normalized spacial score (nSPS) is 9.88. The van der Waals surface area contributed by atoms with Crippen molar-refractivity contribution in [3.63, 3.8) is 0 Å². The number of primary amides is 1. The number of ether oxygens (including phenoxy) is 1. The number of anilines is 2. The second kappa shape index (κ2) is 7.77. The van der Waals surface area contributed by atoms with E-state index in [2.05, 4.69) is 10.6 Å². The highest BCUT2D eigenvalue weighted by atomic mass is 16.5. The fraction of sp³-hybridized carbons (Fsp3) is 0.118. The van der Waals surface area contributed by atoms with Crippen LogP contribution >= 0.6 is 0 Å². The third-order valence-corrected chi connectivity index (χ3v) is 3.20. The molecule has 0 unspecified atom stereocenters.